The van der Waals surface area contributed by atoms with E-state index in [0.29, 0.717) is 17.0 Å². The number of ketones is 1. The van der Waals surface area contributed by atoms with Gasteiger partial charge in [-0.1, -0.05) is 18.2 Å². The molecular weight excluding hydrogens is 244 g/mol. The summed E-state index contributed by atoms with van der Waals surface area (Å²) in [5.74, 6) is 0.476. The van der Waals surface area contributed by atoms with Gasteiger partial charge in [0.1, 0.15) is 5.58 Å². The maximum Gasteiger partial charge on any atom is 0.249 e. The van der Waals surface area contributed by atoms with E-state index in [9.17, 15) is 4.79 Å². The summed E-state index contributed by atoms with van der Waals surface area (Å²) in [6.07, 6.45) is 1.51. The molecule has 19 heavy (non-hydrogen) atoms. The number of rotatable bonds is 3. The molecule has 2 aromatic heterocycles. The fourth-order valence-corrected chi connectivity index (χ4v) is 2.04. The first-order valence-electron chi connectivity index (χ1n) is 5.80. The number of hydrogen-bond acceptors (Lipinski definition) is 4. The predicted molar refractivity (Wildman–Crippen MR) is 69.4 cm³/mol. The van der Waals surface area contributed by atoms with Crippen LogP contribution in [0.1, 0.15) is 16.2 Å². The maximum atomic E-state index is 12.4. The zero-order valence-corrected chi connectivity index (χ0v) is 10.6. The number of furan rings is 1. The highest BCUT2D eigenvalue weighted by Crippen LogP contribution is 2.24. The Hall–Kier alpha value is -2.56. The minimum Gasteiger partial charge on any atom is -0.493 e. The number of aryl methyl sites for hydroxylation is 1. The second kappa shape index (κ2) is 4.28. The molecule has 5 heteroatoms. The van der Waals surface area contributed by atoms with Crippen LogP contribution in [0.5, 0.6) is 5.75 Å². The van der Waals surface area contributed by atoms with Crippen LogP contribution in [-0.4, -0.2) is 22.7 Å². The summed E-state index contributed by atoms with van der Waals surface area (Å²) in [5, 5.41) is 4.91. The Morgan fingerprint density at radius 2 is 2.16 bits per heavy atom. The number of carbonyl (C=O) groups excluding carboxylic acids is 1. The fourth-order valence-electron chi connectivity index (χ4n) is 2.04. The zero-order valence-electron chi connectivity index (χ0n) is 10.6. The van der Waals surface area contributed by atoms with Crippen molar-refractivity contribution in [1.82, 2.24) is 9.78 Å². The summed E-state index contributed by atoms with van der Waals surface area (Å²) in [6, 6.07) is 9.22. The van der Waals surface area contributed by atoms with E-state index in [0.717, 1.165) is 5.39 Å². The second-order valence-electron chi connectivity index (χ2n) is 4.16. The molecule has 0 aliphatic rings. The highest BCUT2D eigenvalue weighted by Gasteiger charge is 2.22. The van der Waals surface area contributed by atoms with Gasteiger partial charge in [0.05, 0.1) is 13.3 Å². The van der Waals surface area contributed by atoms with Crippen molar-refractivity contribution >= 4 is 16.8 Å². The van der Waals surface area contributed by atoms with Crippen LogP contribution < -0.4 is 4.74 Å². The number of carbonyl (C=O) groups is 1. The fraction of sp³-hybridized carbons (Fsp3) is 0.143. The van der Waals surface area contributed by atoms with Crippen molar-refractivity contribution in [2.24, 2.45) is 7.05 Å². The summed E-state index contributed by atoms with van der Waals surface area (Å²) in [7, 11) is 3.20. The van der Waals surface area contributed by atoms with E-state index in [1.807, 2.05) is 24.3 Å². The number of nitrogens with zero attached hydrogens (tertiary/aromatic N) is 2. The van der Waals surface area contributed by atoms with Crippen LogP contribution in [-0.2, 0) is 7.05 Å². The summed E-state index contributed by atoms with van der Waals surface area (Å²) in [6.45, 7) is 0. The molecule has 0 fully saturated rings. The number of para-hydroxylation sites is 1. The molecule has 0 radical (unpaired) electrons. The molecule has 0 saturated heterocycles. The first-order valence-corrected chi connectivity index (χ1v) is 5.80. The Bertz CT molecular complexity index is 722. The lowest BCUT2D eigenvalue weighted by Gasteiger charge is -2.01. The van der Waals surface area contributed by atoms with Gasteiger partial charge in [-0.15, -0.1) is 0 Å². The molecule has 5 nitrogen and oxygen atoms in total. The lowest BCUT2D eigenvalue weighted by molar-refractivity contribution is 0.0999. The van der Waals surface area contributed by atoms with Gasteiger partial charge < -0.3 is 9.15 Å². The molecule has 96 valence electrons. The lowest BCUT2D eigenvalue weighted by atomic mass is 10.2. The van der Waals surface area contributed by atoms with Crippen LogP contribution >= 0.6 is 0 Å². The third-order valence-corrected chi connectivity index (χ3v) is 2.99. The molecule has 3 aromatic rings. The third-order valence-electron chi connectivity index (χ3n) is 2.99. The summed E-state index contributed by atoms with van der Waals surface area (Å²) in [4.78, 5) is 12.4. The van der Waals surface area contributed by atoms with E-state index in [-0.39, 0.29) is 11.5 Å². The molecule has 0 N–H and O–H groups in total. The number of ether oxygens (including phenoxy) is 1. The third kappa shape index (κ3) is 1.79. The van der Waals surface area contributed by atoms with Gasteiger partial charge in [0.2, 0.25) is 5.78 Å². The normalized spacial score (nSPS) is 10.8. The molecule has 2 heterocycles. The van der Waals surface area contributed by atoms with E-state index in [1.54, 1.807) is 13.1 Å². The Morgan fingerprint density at radius 3 is 2.89 bits per heavy atom. The summed E-state index contributed by atoms with van der Waals surface area (Å²) >= 11 is 0. The van der Waals surface area contributed by atoms with Gasteiger partial charge in [-0.3, -0.25) is 9.48 Å². The highest BCUT2D eigenvalue weighted by atomic mass is 16.5. The molecule has 0 saturated carbocycles. The summed E-state index contributed by atoms with van der Waals surface area (Å²) in [5.41, 5.74) is 1.06. The first kappa shape index (κ1) is 11.5. The number of benzene rings is 1. The largest absolute Gasteiger partial charge is 0.493 e. The molecule has 3 rings (SSSR count). The second-order valence-corrected chi connectivity index (χ2v) is 4.16. The molecule has 0 bridgehead atoms. The molecular formula is C14H12N2O3. The van der Waals surface area contributed by atoms with Gasteiger partial charge in [-0.2, -0.15) is 5.10 Å². The van der Waals surface area contributed by atoms with Gasteiger partial charge in [-0.05, 0) is 12.1 Å². The van der Waals surface area contributed by atoms with Crippen molar-refractivity contribution in [1.29, 1.82) is 0 Å². The first-order chi connectivity index (χ1) is 9.20. The van der Waals surface area contributed by atoms with E-state index in [4.69, 9.17) is 9.15 Å². The number of hydrogen-bond donors (Lipinski definition) is 0. The van der Waals surface area contributed by atoms with E-state index in [1.165, 1.54) is 18.0 Å². The lowest BCUT2D eigenvalue weighted by Crippen LogP contribution is -2.08. The minimum atomic E-state index is -0.243. The number of aromatic nitrogens is 2. The molecule has 0 unspecified atom stereocenters. The average molecular weight is 256 g/mol. The molecule has 0 amide bonds. The van der Waals surface area contributed by atoms with Crippen LogP contribution in [0, 0.1) is 0 Å². The van der Waals surface area contributed by atoms with Crippen molar-refractivity contribution in [3.63, 3.8) is 0 Å². The Kier molecular flexibility index (Phi) is 2.59. The highest BCUT2D eigenvalue weighted by molar-refractivity contribution is 6.09. The van der Waals surface area contributed by atoms with Crippen LogP contribution in [0.3, 0.4) is 0 Å². The molecule has 0 aliphatic carbocycles. The van der Waals surface area contributed by atoms with Crippen LogP contribution in [0.25, 0.3) is 11.0 Å². The Morgan fingerprint density at radius 1 is 1.37 bits per heavy atom. The van der Waals surface area contributed by atoms with Crippen LogP contribution in [0.2, 0.25) is 0 Å². The maximum absolute atomic E-state index is 12.4. The van der Waals surface area contributed by atoms with E-state index in [2.05, 4.69) is 5.10 Å². The average Bonchev–Trinajstić information content (AvgIpc) is 3.01. The number of methoxy groups -OCH3 is 1. The Balaban J connectivity index is 2.10. The predicted octanol–water partition coefficient (Wildman–Crippen LogP) is 2.41. The van der Waals surface area contributed by atoms with E-state index < -0.39 is 0 Å². The van der Waals surface area contributed by atoms with Crippen molar-refractivity contribution in [3.05, 3.63) is 48.0 Å². The quantitative estimate of drug-likeness (QED) is 0.675. The van der Waals surface area contributed by atoms with Crippen LogP contribution in [0.4, 0.5) is 0 Å². The monoisotopic (exact) mass is 256 g/mol. The standard InChI is InChI=1S/C14H12N2O3/c1-16-13(12(18-2)8-15-16)14(17)11-7-9-5-3-4-6-10(9)19-11/h3-8H,1-2H3. The van der Waals surface area contributed by atoms with Gasteiger partial charge in [-0.25, -0.2) is 0 Å². The van der Waals surface area contributed by atoms with Crippen molar-refractivity contribution in [3.8, 4) is 5.75 Å². The number of fused-ring (bicyclic) bond motifs is 1. The molecule has 1 aromatic carbocycles. The van der Waals surface area contributed by atoms with Crippen molar-refractivity contribution in [2.75, 3.05) is 7.11 Å². The summed E-state index contributed by atoms with van der Waals surface area (Å²) < 4.78 is 12.2. The zero-order chi connectivity index (χ0) is 13.4. The van der Waals surface area contributed by atoms with Crippen LogP contribution in [0.15, 0.2) is 40.9 Å². The van der Waals surface area contributed by atoms with Crippen molar-refractivity contribution < 1.29 is 13.9 Å². The minimum absolute atomic E-state index is 0.243. The van der Waals surface area contributed by atoms with E-state index >= 15 is 0 Å². The Labute approximate surface area is 109 Å². The van der Waals surface area contributed by atoms with Gasteiger partial charge in [0, 0.05) is 12.4 Å². The molecule has 0 spiro atoms. The molecule has 0 atom stereocenters. The topological polar surface area (TPSA) is 57.3 Å². The van der Waals surface area contributed by atoms with Gasteiger partial charge in [0.25, 0.3) is 0 Å². The van der Waals surface area contributed by atoms with Gasteiger partial charge >= 0.3 is 0 Å². The smallest absolute Gasteiger partial charge is 0.249 e. The van der Waals surface area contributed by atoms with Crippen molar-refractivity contribution in [2.45, 2.75) is 0 Å². The van der Waals surface area contributed by atoms with Gasteiger partial charge in [0.15, 0.2) is 17.2 Å². The molecule has 0 aliphatic heterocycles. The SMILES string of the molecule is COc1cnn(C)c1C(=O)c1cc2ccccc2o1.